The minimum absolute atomic E-state index is 0.00472. The summed E-state index contributed by atoms with van der Waals surface area (Å²) in [4.78, 5) is 53.2. The van der Waals surface area contributed by atoms with E-state index in [1.165, 1.54) is 24.3 Å². The summed E-state index contributed by atoms with van der Waals surface area (Å²) >= 11 is 3.46. The van der Waals surface area contributed by atoms with Crippen LogP contribution in [-0.4, -0.2) is 83.9 Å². The van der Waals surface area contributed by atoms with Crippen molar-refractivity contribution in [2.75, 3.05) is 26.2 Å². The molecule has 48 heavy (non-hydrogen) atoms. The molecule has 1 N–H and O–H groups in total. The Morgan fingerprint density at radius 1 is 0.833 bits per heavy atom. The van der Waals surface area contributed by atoms with Crippen molar-refractivity contribution in [2.24, 2.45) is 0 Å². The van der Waals surface area contributed by atoms with Crippen LogP contribution in [0.1, 0.15) is 36.8 Å². The fraction of sp³-hybridized carbons (Fsp3) is 0.387. The van der Waals surface area contributed by atoms with Crippen molar-refractivity contribution in [3.8, 4) is 0 Å². The molecule has 2 saturated heterocycles. The first-order valence-corrected chi connectivity index (χ1v) is 17.0. The van der Waals surface area contributed by atoms with Crippen LogP contribution in [0, 0.1) is 20.2 Å². The average molecular weight is 699 g/mol. The SMILES string of the molecule is O=C(OCc1ccc([N+](=O)[O-])cc1)N1CCC(O)CC1.O=C(OCc1ccc([N+](=O)[O-])cc1)N1CCC(Sc2ncn3ccsc23)CC1. The number of thiazole rings is 1. The van der Waals surface area contributed by atoms with Gasteiger partial charge in [0.05, 0.1) is 16.0 Å². The van der Waals surface area contributed by atoms with Crippen molar-refractivity contribution >= 4 is 51.5 Å². The Morgan fingerprint density at radius 3 is 1.79 bits per heavy atom. The van der Waals surface area contributed by atoms with Gasteiger partial charge in [-0.2, -0.15) is 0 Å². The second kappa shape index (κ2) is 16.4. The number of imidazole rings is 1. The Kier molecular flexibility index (Phi) is 11.8. The highest BCUT2D eigenvalue weighted by atomic mass is 32.2. The first kappa shape index (κ1) is 34.6. The Morgan fingerprint density at radius 2 is 1.31 bits per heavy atom. The number of carbonyl (C=O) groups excluding carboxylic acids is 2. The van der Waals surface area contributed by atoms with Gasteiger partial charge < -0.3 is 24.4 Å². The number of non-ortho nitro benzene ring substituents is 2. The number of fused-ring (bicyclic) bond motifs is 1. The number of nitro groups is 2. The van der Waals surface area contributed by atoms with E-state index in [9.17, 15) is 34.9 Å². The zero-order valence-electron chi connectivity index (χ0n) is 25.8. The number of carbonyl (C=O) groups is 2. The van der Waals surface area contributed by atoms with Crippen LogP contribution >= 0.6 is 23.1 Å². The number of nitrogens with zero attached hydrogens (tertiary/aromatic N) is 6. The number of rotatable bonds is 8. The van der Waals surface area contributed by atoms with E-state index >= 15 is 0 Å². The third-order valence-electron chi connectivity index (χ3n) is 7.84. The number of likely N-dealkylation sites (tertiary alicyclic amines) is 2. The van der Waals surface area contributed by atoms with Crippen molar-refractivity contribution in [1.82, 2.24) is 19.2 Å². The standard InChI is InChI=1S/C18H18N4O4S2.C13H16N2O5/c23-18(26-11-13-1-3-14(4-2-13)22(24)25)20-7-5-15(6-8-20)28-16-17-21(12-19-16)9-10-27-17;16-12-5-7-14(8-6-12)13(17)20-9-10-1-3-11(4-2-10)15(18)19/h1-4,9-10,12,15H,5-8,11H2;1-4,12,16H,5-9H2. The minimum atomic E-state index is -0.477. The molecule has 0 radical (unpaired) electrons. The number of aliphatic hydroxyl groups is 1. The van der Waals surface area contributed by atoms with Gasteiger partial charge in [0.15, 0.2) is 0 Å². The lowest BCUT2D eigenvalue weighted by Crippen LogP contribution is -2.40. The quantitative estimate of drug-likeness (QED) is 0.171. The summed E-state index contributed by atoms with van der Waals surface area (Å²) in [5, 5.41) is 34.1. The fourth-order valence-electron chi connectivity index (χ4n) is 5.05. The van der Waals surface area contributed by atoms with Crippen molar-refractivity contribution in [3.05, 3.63) is 97.8 Å². The van der Waals surface area contributed by atoms with Crippen LogP contribution in [0.4, 0.5) is 21.0 Å². The van der Waals surface area contributed by atoms with E-state index in [1.807, 2.05) is 22.3 Å². The zero-order chi connectivity index (χ0) is 34.0. The summed E-state index contributed by atoms with van der Waals surface area (Å²) in [6.45, 7) is 2.46. The van der Waals surface area contributed by atoms with Crippen LogP contribution in [0.3, 0.4) is 0 Å². The number of amides is 2. The molecule has 2 aliphatic rings. The number of hydrogen-bond donors (Lipinski definition) is 1. The third-order valence-corrected chi connectivity index (χ3v) is 10.2. The molecule has 2 aromatic carbocycles. The van der Waals surface area contributed by atoms with Gasteiger partial charge >= 0.3 is 12.2 Å². The number of thioether (sulfide) groups is 1. The largest absolute Gasteiger partial charge is 0.445 e. The summed E-state index contributed by atoms with van der Waals surface area (Å²) in [5.74, 6) is 0. The molecule has 0 aliphatic carbocycles. The summed E-state index contributed by atoms with van der Waals surface area (Å²) in [5.41, 5.74) is 1.45. The molecule has 2 fully saturated rings. The van der Waals surface area contributed by atoms with Gasteiger partial charge in [-0.1, -0.05) is 11.8 Å². The molecule has 254 valence electrons. The van der Waals surface area contributed by atoms with E-state index in [1.54, 1.807) is 57.2 Å². The summed E-state index contributed by atoms with van der Waals surface area (Å²) in [6, 6.07) is 11.9. The van der Waals surface area contributed by atoms with Crippen LogP contribution in [0.15, 0.2) is 71.5 Å². The molecule has 17 heteroatoms. The molecule has 0 spiro atoms. The molecule has 0 bridgehead atoms. The summed E-state index contributed by atoms with van der Waals surface area (Å²) in [6.07, 6.45) is 5.63. The molecule has 4 heterocycles. The van der Waals surface area contributed by atoms with Crippen LogP contribution < -0.4 is 0 Å². The lowest BCUT2D eigenvalue weighted by atomic mass is 10.1. The molecular weight excluding hydrogens is 665 g/mol. The molecule has 15 nitrogen and oxygen atoms in total. The first-order chi connectivity index (χ1) is 23.2. The van der Waals surface area contributed by atoms with Gasteiger partial charge in [0.1, 0.15) is 29.4 Å². The van der Waals surface area contributed by atoms with Crippen LogP contribution in [0.2, 0.25) is 0 Å². The van der Waals surface area contributed by atoms with E-state index in [0.29, 0.717) is 49.8 Å². The monoisotopic (exact) mass is 698 g/mol. The molecule has 2 aromatic heterocycles. The number of aliphatic hydroxyl groups excluding tert-OH is 1. The summed E-state index contributed by atoms with van der Waals surface area (Å²) < 4.78 is 12.5. The highest BCUT2D eigenvalue weighted by Crippen LogP contribution is 2.34. The maximum absolute atomic E-state index is 12.3. The van der Waals surface area contributed by atoms with Crippen LogP contribution in [-0.2, 0) is 22.7 Å². The van der Waals surface area contributed by atoms with Crippen molar-refractivity contribution in [2.45, 2.75) is 55.3 Å². The zero-order valence-corrected chi connectivity index (χ0v) is 27.4. The smallest absolute Gasteiger partial charge is 0.410 e. The van der Waals surface area contributed by atoms with Crippen molar-refractivity contribution in [1.29, 1.82) is 0 Å². The van der Waals surface area contributed by atoms with Gasteiger partial charge in [-0.05, 0) is 61.1 Å². The van der Waals surface area contributed by atoms with Crippen LogP contribution in [0.5, 0.6) is 0 Å². The van der Waals surface area contributed by atoms with Gasteiger partial charge in [0.25, 0.3) is 11.4 Å². The molecular formula is C31H34N6O9S2. The number of benzene rings is 2. The molecule has 0 saturated carbocycles. The Labute approximate surface area is 283 Å². The minimum Gasteiger partial charge on any atom is -0.445 e. The fourth-order valence-corrected chi connectivity index (χ4v) is 7.12. The van der Waals surface area contributed by atoms with Crippen molar-refractivity contribution in [3.63, 3.8) is 0 Å². The Bertz CT molecular complexity index is 1700. The third kappa shape index (κ3) is 9.42. The first-order valence-electron chi connectivity index (χ1n) is 15.2. The molecule has 4 aromatic rings. The van der Waals surface area contributed by atoms with E-state index in [4.69, 9.17) is 9.47 Å². The Hall–Kier alpha value is -4.74. The van der Waals surface area contributed by atoms with Gasteiger partial charge in [0, 0.05) is 67.3 Å². The predicted octanol–water partition coefficient (Wildman–Crippen LogP) is 5.89. The number of ether oxygens (including phenoxy) is 2. The normalized spacial score (nSPS) is 15.4. The van der Waals surface area contributed by atoms with E-state index in [2.05, 4.69) is 4.98 Å². The molecule has 2 aliphatic heterocycles. The lowest BCUT2D eigenvalue weighted by molar-refractivity contribution is -0.385. The highest BCUT2D eigenvalue weighted by Gasteiger charge is 2.26. The number of piperidine rings is 2. The van der Waals surface area contributed by atoms with Gasteiger partial charge in [-0.25, -0.2) is 14.6 Å². The molecule has 2 amide bonds. The van der Waals surface area contributed by atoms with E-state index in [-0.39, 0.29) is 36.8 Å². The highest BCUT2D eigenvalue weighted by molar-refractivity contribution is 8.00. The maximum atomic E-state index is 12.3. The Balaban J connectivity index is 0.000000199. The van der Waals surface area contributed by atoms with E-state index in [0.717, 1.165) is 28.3 Å². The predicted molar refractivity (Wildman–Crippen MR) is 177 cm³/mol. The number of hydrogen-bond acceptors (Lipinski definition) is 12. The van der Waals surface area contributed by atoms with E-state index < -0.39 is 15.9 Å². The lowest BCUT2D eigenvalue weighted by Gasteiger charge is -2.30. The number of aromatic nitrogens is 2. The van der Waals surface area contributed by atoms with Gasteiger partial charge in [0.2, 0.25) is 0 Å². The summed E-state index contributed by atoms with van der Waals surface area (Å²) in [7, 11) is 0. The average Bonchev–Trinajstić information content (AvgIpc) is 3.73. The maximum Gasteiger partial charge on any atom is 0.410 e. The second-order valence-corrected chi connectivity index (χ2v) is 13.3. The topological polar surface area (TPSA) is 183 Å². The molecule has 0 unspecified atom stereocenters. The number of nitro benzene ring substituents is 2. The van der Waals surface area contributed by atoms with Gasteiger partial charge in [-0.15, -0.1) is 11.3 Å². The molecule has 0 atom stereocenters. The van der Waals surface area contributed by atoms with Crippen LogP contribution in [0.25, 0.3) is 4.83 Å². The molecule has 6 rings (SSSR count). The van der Waals surface area contributed by atoms with Crippen molar-refractivity contribution < 1.29 is 34.0 Å². The second-order valence-electron chi connectivity index (χ2n) is 11.1. The van der Waals surface area contributed by atoms with Gasteiger partial charge in [-0.3, -0.25) is 24.6 Å².